The molecule has 5 heteroatoms. The van der Waals surface area contributed by atoms with Gasteiger partial charge in [0.2, 0.25) is 5.91 Å². The Bertz CT molecular complexity index is 917. The molecule has 1 aliphatic heterocycles. The van der Waals surface area contributed by atoms with E-state index >= 15 is 0 Å². The van der Waals surface area contributed by atoms with Crippen molar-refractivity contribution in [1.29, 1.82) is 0 Å². The summed E-state index contributed by atoms with van der Waals surface area (Å²) in [7, 11) is 0. The van der Waals surface area contributed by atoms with Gasteiger partial charge >= 0.3 is 0 Å². The van der Waals surface area contributed by atoms with Gasteiger partial charge < -0.3 is 9.88 Å². The van der Waals surface area contributed by atoms with Crippen molar-refractivity contribution < 1.29 is 4.79 Å². The van der Waals surface area contributed by atoms with Crippen LogP contribution in [-0.4, -0.2) is 32.9 Å². The molecule has 2 unspecified atom stereocenters. The first-order valence-electron chi connectivity index (χ1n) is 9.32. The van der Waals surface area contributed by atoms with Gasteiger partial charge in [-0.3, -0.25) is 14.7 Å². The summed E-state index contributed by atoms with van der Waals surface area (Å²) in [5.41, 5.74) is 4.40. The molecule has 1 amide bonds. The Kier molecular flexibility index (Phi) is 4.77. The average Bonchev–Trinajstić information content (AvgIpc) is 3.17. The van der Waals surface area contributed by atoms with E-state index in [0.29, 0.717) is 0 Å². The SMILES string of the molecule is Cc1ccc(C2c3cccn3CCN2C(C)C(=O)Nc2cccnc2)cc1. The van der Waals surface area contributed by atoms with Crippen LogP contribution in [0.3, 0.4) is 0 Å². The number of pyridine rings is 1. The molecule has 5 nitrogen and oxygen atoms in total. The molecule has 138 valence electrons. The second-order valence-corrected chi connectivity index (χ2v) is 7.08. The molecule has 2 atom stereocenters. The predicted octanol–water partition coefficient (Wildman–Crippen LogP) is 3.62. The number of anilines is 1. The van der Waals surface area contributed by atoms with Crippen molar-refractivity contribution in [2.45, 2.75) is 32.5 Å². The van der Waals surface area contributed by atoms with Crippen molar-refractivity contribution in [2.24, 2.45) is 0 Å². The van der Waals surface area contributed by atoms with Crippen LogP contribution in [0, 0.1) is 6.92 Å². The zero-order valence-corrected chi connectivity index (χ0v) is 15.7. The lowest BCUT2D eigenvalue weighted by Crippen LogP contribution is -2.48. The molecule has 0 spiro atoms. The highest BCUT2D eigenvalue weighted by molar-refractivity contribution is 5.94. The highest BCUT2D eigenvalue weighted by atomic mass is 16.2. The second-order valence-electron chi connectivity index (χ2n) is 7.08. The topological polar surface area (TPSA) is 50.2 Å². The summed E-state index contributed by atoms with van der Waals surface area (Å²) in [5.74, 6) is -0.0138. The Morgan fingerprint density at radius 1 is 1.15 bits per heavy atom. The number of carbonyl (C=O) groups is 1. The third kappa shape index (κ3) is 3.51. The summed E-state index contributed by atoms with van der Waals surface area (Å²) in [6, 6.07) is 16.3. The fourth-order valence-electron chi connectivity index (χ4n) is 3.76. The summed E-state index contributed by atoms with van der Waals surface area (Å²) in [6.45, 7) is 5.78. The minimum absolute atomic E-state index is 0.0138. The Morgan fingerprint density at radius 3 is 2.70 bits per heavy atom. The van der Waals surface area contributed by atoms with Gasteiger partial charge in [0.15, 0.2) is 0 Å². The fourth-order valence-corrected chi connectivity index (χ4v) is 3.76. The number of rotatable bonds is 4. The van der Waals surface area contributed by atoms with E-state index in [4.69, 9.17) is 0 Å². The molecule has 3 aromatic rings. The van der Waals surface area contributed by atoms with E-state index in [-0.39, 0.29) is 18.0 Å². The normalized spacial score (nSPS) is 17.9. The van der Waals surface area contributed by atoms with Crippen molar-refractivity contribution in [3.63, 3.8) is 0 Å². The first kappa shape index (κ1) is 17.5. The lowest BCUT2D eigenvalue weighted by molar-refractivity contribution is -0.121. The summed E-state index contributed by atoms with van der Waals surface area (Å²) in [4.78, 5) is 19.3. The summed E-state index contributed by atoms with van der Waals surface area (Å²) >= 11 is 0. The number of aryl methyl sites for hydroxylation is 1. The van der Waals surface area contributed by atoms with Crippen molar-refractivity contribution in [2.75, 3.05) is 11.9 Å². The fraction of sp³-hybridized carbons (Fsp3) is 0.273. The smallest absolute Gasteiger partial charge is 0.241 e. The summed E-state index contributed by atoms with van der Waals surface area (Å²) in [5, 5.41) is 2.99. The van der Waals surface area contributed by atoms with E-state index in [1.165, 1.54) is 16.8 Å². The maximum Gasteiger partial charge on any atom is 0.241 e. The maximum absolute atomic E-state index is 12.9. The highest BCUT2D eigenvalue weighted by Crippen LogP contribution is 2.34. The molecule has 0 aliphatic carbocycles. The summed E-state index contributed by atoms with van der Waals surface area (Å²) < 4.78 is 2.28. The first-order chi connectivity index (χ1) is 13.1. The minimum atomic E-state index is -0.264. The lowest BCUT2D eigenvalue weighted by atomic mass is 9.97. The molecule has 1 aromatic carbocycles. The molecule has 4 rings (SSSR count). The Morgan fingerprint density at radius 2 is 1.96 bits per heavy atom. The number of carbonyl (C=O) groups excluding carboxylic acids is 1. The second kappa shape index (κ2) is 7.37. The third-order valence-electron chi connectivity index (χ3n) is 5.27. The predicted molar refractivity (Wildman–Crippen MR) is 106 cm³/mol. The van der Waals surface area contributed by atoms with Gasteiger partial charge in [0, 0.05) is 31.2 Å². The number of amides is 1. The monoisotopic (exact) mass is 360 g/mol. The molecule has 0 saturated heterocycles. The van der Waals surface area contributed by atoms with Gasteiger partial charge in [-0.05, 0) is 43.7 Å². The molecule has 0 saturated carbocycles. The van der Waals surface area contributed by atoms with E-state index in [2.05, 4.69) is 69.3 Å². The Balaban J connectivity index is 1.63. The van der Waals surface area contributed by atoms with Crippen LogP contribution in [0.15, 0.2) is 67.1 Å². The number of hydrogen-bond donors (Lipinski definition) is 1. The number of nitrogens with one attached hydrogen (secondary N) is 1. The maximum atomic E-state index is 12.9. The number of hydrogen-bond acceptors (Lipinski definition) is 3. The van der Waals surface area contributed by atoms with Gasteiger partial charge in [-0.25, -0.2) is 0 Å². The minimum Gasteiger partial charge on any atom is -0.348 e. The van der Waals surface area contributed by atoms with Gasteiger partial charge in [-0.15, -0.1) is 0 Å². The van der Waals surface area contributed by atoms with Gasteiger partial charge in [0.1, 0.15) is 0 Å². The Labute approximate surface area is 159 Å². The number of aromatic nitrogens is 2. The standard InChI is InChI=1S/C22H24N4O/c1-16-7-9-18(10-8-16)21-20-6-4-12-25(20)13-14-26(21)17(2)22(27)24-19-5-3-11-23-15-19/h3-12,15,17,21H,13-14H2,1-2H3,(H,24,27). The van der Waals surface area contributed by atoms with E-state index < -0.39 is 0 Å². The molecular formula is C22H24N4O. The van der Waals surface area contributed by atoms with E-state index in [9.17, 15) is 4.79 Å². The van der Waals surface area contributed by atoms with Gasteiger partial charge in [0.05, 0.1) is 24.0 Å². The van der Waals surface area contributed by atoms with E-state index in [1.807, 2.05) is 19.1 Å². The molecule has 3 heterocycles. The molecule has 1 N–H and O–H groups in total. The highest BCUT2D eigenvalue weighted by Gasteiger charge is 2.34. The molecule has 1 aliphatic rings. The van der Waals surface area contributed by atoms with Gasteiger partial charge in [-0.1, -0.05) is 29.8 Å². The first-order valence-corrected chi connectivity index (χ1v) is 9.32. The van der Waals surface area contributed by atoms with Crippen LogP contribution in [0.5, 0.6) is 0 Å². The molecule has 0 fully saturated rings. The van der Waals surface area contributed by atoms with Crippen LogP contribution in [-0.2, 0) is 11.3 Å². The zero-order valence-electron chi connectivity index (χ0n) is 15.7. The summed E-state index contributed by atoms with van der Waals surface area (Å²) in [6.07, 6.45) is 5.49. The van der Waals surface area contributed by atoms with Crippen molar-refractivity contribution in [1.82, 2.24) is 14.5 Å². The number of benzene rings is 1. The molecule has 0 bridgehead atoms. The van der Waals surface area contributed by atoms with Crippen LogP contribution < -0.4 is 5.32 Å². The molecule has 27 heavy (non-hydrogen) atoms. The van der Waals surface area contributed by atoms with Gasteiger partial charge in [-0.2, -0.15) is 0 Å². The van der Waals surface area contributed by atoms with Crippen LogP contribution in [0.2, 0.25) is 0 Å². The van der Waals surface area contributed by atoms with Crippen LogP contribution >= 0.6 is 0 Å². The lowest BCUT2D eigenvalue weighted by Gasteiger charge is -2.40. The largest absolute Gasteiger partial charge is 0.348 e. The number of nitrogens with zero attached hydrogens (tertiary/aromatic N) is 3. The Hall–Kier alpha value is -2.92. The zero-order chi connectivity index (χ0) is 18.8. The van der Waals surface area contributed by atoms with Crippen molar-refractivity contribution in [3.05, 3.63) is 83.9 Å². The molecule has 0 radical (unpaired) electrons. The van der Waals surface area contributed by atoms with Crippen LogP contribution in [0.4, 0.5) is 5.69 Å². The number of fused-ring (bicyclic) bond motifs is 1. The third-order valence-corrected chi connectivity index (χ3v) is 5.27. The quantitative estimate of drug-likeness (QED) is 0.773. The molecular weight excluding hydrogens is 336 g/mol. The van der Waals surface area contributed by atoms with Crippen LogP contribution in [0.1, 0.15) is 29.8 Å². The van der Waals surface area contributed by atoms with E-state index in [0.717, 1.165) is 18.8 Å². The average molecular weight is 360 g/mol. The van der Waals surface area contributed by atoms with E-state index in [1.54, 1.807) is 12.4 Å². The molecule has 2 aromatic heterocycles. The van der Waals surface area contributed by atoms with Crippen LogP contribution in [0.25, 0.3) is 0 Å². The van der Waals surface area contributed by atoms with Crippen molar-refractivity contribution >= 4 is 11.6 Å². The van der Waals surface area contributed by atoms with Gasteiger partial charge in [0.25, 0.3) is 0 Å². The van der Waals surface area contributed by atoms with Crippen molar-refractivity contribution in [3.8, 4) is 0 Å².